The summed E-state index contributed by atoms with van der Waals surface area (Å²) < 4.78 is 22.7. The van der Waals surface area contributed by atoms with Crippen LogP contribution >= 0.6 is 24.0 Å². The van der Waals surface area contributed by atoms with E-state index in [9.17, 15) is 8.42 Å². The highest BCUT2D eigenvalue weighted by molar-refractivity contribution is 7.89. The lowest BCUT2D eigenvalue weighted by Crippen LogP contribution is -2.21. The molecule has 7 nitrogen and oxygen atoms in total. The van der Waals surface area contributed by atoms with E-state index in [0.29, 0.717) is 15.8 Å². The molecule has 108 valence electrons. The number of hydrogen-bond acceptors (Lipinski definition) is 4. The summed E-state index contributed by atoms with van der Waals surface area (Å²) >= 11 is 5.98. The molecule has 20 heavy (non-hydrogen) atoms. The van der Waals surface area contributed by atoms with Crippen molar-refractivity contribution in [3.63, 3.8) is 0 Å². The number of aromatic nitrogens is 1. The molecule has 2 aromatic rings. The Hall–Kier alpha value is -1.61. The van der Waals surface area contributed by atoms with Crippen LogP contribution in [0, 0.1) is 5.41 Å². The first-order valence-corrected chi connectivity index (χ1v) is 6.93. The number of sulfonamides is 1. The molecule has 0 spiro atoms. The highest BCUT2D eigenvalue weighted by Gasteiger charge is 2.13. The third-order valence-electron chi connectivity index (χ3n) is 2.39. The van der Waals surface area contributed by atoms with E-state index >= 15 is 0 Å². The summed E-state index contributed by atoms with van der Waals surface area (Å²) in [5.41, 5.74) is 5.23. The highest BCUT2D eigenvalue weighted by Crippen LogP contribution is 2.29. The molecule has 0 atom stereocenters. The number of primary sulfonamides is 1. The Morgan fingerprint density at radius 3 is 2.55 bits per heavy atom. The highest BCUT2D eigenvalue weighted by atomic mass is 35.5. The average Bonchev–Trinajstić information content (AvgIpc) is 2.31. The zero-order valence-corrected chi connectivity index (χ0v) is 12.3. The van der Waals surface area contributed by atoms with Gasteiger partial charge in [-0.25, -0.2) is 18.5 Å². The summed E-state index contributed by atoms with van der Waals surface area (Å²) in [6.45, 7) is 0. The minimum atomic E-state index is -3.84. The van der Waals surface area contributed by atoms with Gasteiger partial charge in [-0.15, -0.1) is 12.4 Å². The van der Waals surface area contributed by atoms with E-state index in [4.69, 9.17) is 27.9 Å². The largest absolute Gasteiger partial charge is 0.370 e. The molecule has 0 aliphatic carbocycles. The monoisotopic (exact) mass is 335 g/mol. The first-order chi connectivity index (χ1) is 8.79. The van der Waals surface area contributed by atoms with Gasteiger partial charge in [0.15, 0.2) is 5.96 Å². The van der Waals surface area contributed by atoms with E-state index in [1.165, 1.54) is 24.4 Å². The van der Waals surface area contributed by atoms with Crippen LogP contribution in [-0.4, -0.2) is 19.4 Å². The molecule has 1 aromatic heterocycles. The molecular weight excluding hydrogens is 325 g/mol. The van der Waals surface area contributed by atoms with E-state index in [1.54, 1.807) is 0 Å². The normalized spacial score (nSPS) is 10.9. The lowest BCUT2D eigenvalue weighted by molar-refractivity contribution is 0.598. The number of anilines is 1. The topological polar surface area (TPSA) is 135 Å². The Bertz CT molecular complexity index is 779. The van der Waals surface area contributed by atoms with Gasteiger partial charge >= 0.3 is 0 Å². The van der Waals surface area contributed by atoms with Gasteiger partial charge in [-0.05, 0) is 12.1 Å². The quantitative estimate of drug-likeness (QED) is 0.484. The number of nitrogens with one attached hydrogen (secondary N) is 2. The molecule has 6 N–H and O–H groups in total. The van der Waals surface area contributed by atoms with Gasteiger partial charge in [0.05, 0.1) is 9.92 Å². The average molecular weight is 336 g/mol. The summed E-state index contributed by atoms with van der Waals surface area (Å²) in [7, 11) is -3.84. The van der Waals surface area contributed by atoms with Gasteiger partial charge in [0.25, 0.3) is 0 Å². The zero-order chi connectivity index (χ0) is 14.2. The summed E-state index contributed by atoms with van der Waals surface area (Å²) in [6, 6.07) is 4.19. The number of benzene rings is 1. The van der Waals surface area contributed by atoms with Crippen LogP contribution in [0.1, 0.15) is 0 Å². The molecule has 1 heterocycles. The van der Waals surface area contributed by atoms with Gasteiger partial charge in [-0.1, -0.05) is 17.7 Å². The summed E-state index contributed by atoms with van der Waals surface area (Å²) in [6.07, 6.45) is 1.38. The van der Waals surface area contributed by atoms with Crippen molar-refractivity contribution in [2.24, 2.45) is 10.9 Å². The van der Waals surface area contributed by atoms with E-state index in [0.717, 1.165) is 0 Å². The lowest BCUT2D eigenvalue weighted by atomic mass is 10.1. The van der Waals surface area contributed by atoms with Crippen LogP contribution in [0.2, 0.25) is 5.02 Å². The van der Waals surface area contributed by atoms with Crippen molar-refractivity contribution in [2.45, 2.75) is 4.90 Å². The van der Waals surface area contributed by atoms with Crippen molar-refractivity contribution in [3.05, 3.63) is 29.4 Å². The van der Waals surface area contributed by atoms with Crippen LogP contribution in [0.25, 0.3) is 10.8 Å². The van der Waals surface area contributed by atoms with Gasteiger partial charge in [0, 0.05) is 17.0 Å². The van der Waals surface area contributed by atoms with Crippen LogP contribution in [0.4, 0.5) is 5.82 Å². The molecular formula is C10H11Cl2N5O2S. The fourth-order valence-corrected chi connectivity index (χ4v) is 2.35. The number of nitrogens with two attached hydrogens (primary N) is 2. The molecule has 1 aromatic carbocycles. The number of hydrogen-bond donors (Lipinski definition) is 4. The maximum Gasteiger partial charge on any atom is 0.238 e. The number of rotatable bonds is 2. The van der Waals surface area contributed by atoms with Gasteiger partial charge < -0.3 is 11.1 Å². The number of guanidine groups is 1. The Morgan fingerprint density at radius 1 is 1.35 bits per heavy atom. The van der Waals surface area contributed by atoms with E-state index in [2.05, 4.69) is 10.3 Å². The Morgan fingerprint density at radius 2 is 2.00 bits per heavy atom. The Labute approximate surface area is 126 Å². The van der Waals surface area contributed by atoms with Gasteiger partial charge in [-0.2, -0.15) is 0 Å². The third kappa shape index (κ3) is 3.28. The Balaban J connectivity index is 0.00000200. The molecule has 0 aliphatic heterocycles. The molecule has 0 amide bonds. The van der Waals surface area contributed by atoms with E-state index in [1.807, 2.05) is 0 Å². The number of nitrogens with zero attached hydrogens (tertiary/aromatic N) is 1. The van der Waals surface area contributed by atoms with Crippen molar-refractivity contribution in [1.29, 1.82) is 5.41 Å². The van der Waals surface area contributed by atoms with Crippen molar-refractivity contribution < 1.29 is 8.42 Å². The predicted molar refractivity (Wildman–Crippen MR) is 80.9 cm³/mol. The zero-order valence-electron chi connectivity index (χ0n) is 9.92. The molecule has 0 unspecified atom stereocenters. The molecule has 0 aliphatic rings. The SMILES string of the molecule is Cl.N=C(N)Nc1ncc(Cl)c2ccc(S(N)(=O)=O)cc12. The van der Waals surface area contributed by atoms with Crippen LogP contribution in [0.5, 0.6) is 0 Å². The molecule has 0 saturated heterocycles. The number of fused-ring (bicyclic) bond motifs is 1. The minimum Gasteiger partial charge on any atom is -0.370 e. The van der Waals surface area contributed by atoms with Crippen molar-refractivity contribution in [1.82, 2.24) is 4.98 Å². The van der Waals surface area contributed by atoms with E-state index < -0.39 is 10.0 Å². The maximum absolute atomic E-state index is 11.3. The van der Waals surface area contributed by atoms with Crippen LogP contribution < -0.4 is 16.2 Å². The second-order valence-electron chi connectivity index (χ2n) is 3.75. The van der Waals surface area contributed by atoms with E-state index in [-0.39, 0.29) is 29.1 Å². The molecule has 10 heteroatoms. The molecule has 0 saturated carbocycles. The van der Waals surface area contributed by atoms with Crippen molar-refractivity contribution in [3.8, 4) is 0 Å². The van der Waals surface area contributed by atoms with Crippen LogP contribution in [0.15, 0.2) is 29.3 Å². The first-order valence-electron chi connectivity index (χ1n) is 5.01. The van der Waals surface area contributed by atoms with Gasteiger partial charge in [-0.3, -0.25) is 5.41 Å². The maximum atomic E-state index is 11.3. The molecule has 2 rings (SSSR count). The van der Waals surface area contributed by atoms with Crippen molar-refractivity contribution in [2.75, 3.05) is 5.32 Å². The number of pyridine rings is 1. The second-order valence-corrected chi connectivity index (χ2v) is 5.71. The van der Waals surface area contributed by atoms with Crippen LogP contribution in [0.3, 0.4) is 0 Å². The standard InChI is InChI=1S/C10H10ClN5O2S.ClH/c11-8-4-15-9(16-10(12)13)7-3-5(19(14,17)18)1-2-6(7)8;/h1-4H,(H2,14,17,18)(H4,12,13,15,16);1H. The molecule has 0 bridgehead atoms. The fourth-order valence-electron chi connectivity index (χ4n) is 1.59. The third-order valence-corrected chi connectivity index (χ3v) is 3.60. The van der Waals surface area contributed by atoms with Crippen LogP contribution in [-0.2, 0) is 10.0 Å². The molecule has 0 fully saturated rings. The predicted octanol–water partition coefficient (Wildman–Crippen LogP) is 1.26. The van der Waals surface area contributed by atoms with Gasteiger partial charge in [0.2, 0.25) is 10.0 Å². The lowest BCUT2D eigenvalue weighted by Gasteiger charge is -2.09. The van der Waals surface area contributed by atoms with Crippen molar-refractivity contribution >= 4 is 56.6 Å². The second kappa shape index (κ2) is 5.80. The fraction of sp³-hybridized carbons (Fsp3) is 0. The molecule has 0 radical (unpaired) electrons. The first kappa shape index (κ1) is 16.4. The number of halogens is 2. The summed E-state index contributed by atoms with van der Waals surface area (Å²) in [4.78, 5) is 3.90. The Kier molecular flexibility index (Phi) is 4.77. The smallest absolute Gasteiger partial charge is 0.238 e. The minimum absolute atomic E-state index is 0. The van der Waals surface area contributed by atoms with Gasteiger partial charge in [0.1, 0.15) is 5.82 Å². The summed E-state index contributed by atoms with van der Waals surface area (Å²) in [5.74, 6) is -0.0884. The summed E-state index contributed by atoms with van der Waals surface area (Å²) in [5, 5.41) is 16.1.